The normalized spacial score (nSPS) is 11.5. The standard InChI is InChI=1S/C11H10BrFN2O2S2/c12-9-2-1-8(13)4-10(9)15-19(16,17)11-3-7(5-14)6-18-11/h1-4,6,15H,5,14H2. The van der Waals surface area contributed by atoms with E-state index in [4.69, 9.17) is 5.73 Å². The van der Waals surface area contributed by atoms with E-state index in [-0.39, 0.29) is 16.4 Å². The van der Waals surface area contributed by atoms with Crippen LogP contribution in [0.4, 0.5) is 10.1 Å². The Morgan fingerprint density at radius 3 is 2.74 bits per heavy atom. The van der Waals surface area contributed by atoms with Gasteiger partial charge in [-0.25, -0.2) is 12.8 Å². The number of thiophene rings is 1. The summed E-state index contributed by atoms with van der Waals surface area (Å²) >= 11 is 4.24. The number of nitrogens with one attached hydrogen (secondary N) is 1. The van der Waals surface area contributed by atoms with Crippen LogP contribution in [0.3, 0.4) is 0 Å². The summed E-state index contributed by atoms with van der Waals surface area (Å²) in [7, 11) is -3.73. The molecule has 19 heavy (non-hydrogen) atoms. The molecule has 0 fully saturated rings. The first kappa shape index (κ1) is 14.4. The highest BCUT2D eigenvalue weighted by atomic mass is 79.9. The average Bonchev–Trinajstić information content (AvgIpc) is 2.83. The molecular weight excluding hydrogens is 355 g/mol. The quantitative estimate of drug-likeness (QED) is 0.875. The molecule has 0 amide bonds. The van der Waals surface area contributed by atoms with Gasteiger partial charge in [0.1, 0.15) is 10.0 Å². The average molecular weight is 365 g/mol. The van der Waals surface area contributed by atoms with E-state index >= 15 is 0 Å². The van der Waals surface area contributed by atoms with Crippen LogP contribution in [0.15, 0.2) is 38.3 Å². The number of benzene rings is 1. The molecule has 0 unspecified atom stereocenters. The fourth-order valence-electron chi connectivity index (χ4n) is 1.37. The molecule has 2 aromatic rings. The lowest BCUT2D eigenvalue weighted by atomic mass is 10.3. The van der Waals surface area contributed by atoms with Crippen molar-refractivity contribution in [2.24, 2.45) is 5.73 Å². The van der Waals surface area contributed by atoms with Gasteiger partial charge in [-0.2, -0.15) is 0 Å². The van der Waals surface area contributed by atoms with Gasteiger partial charge in [-0.15, -0.1) is 11.3 Å². The highest BCUT2D eigenvalue weighted by Gasteiger charge is 2.18. The molecule has 2 rings (SSSR count). The first-order valence-electron chi connectivity index (χ1n) is 5.18. The second-order valence-electron chi connectivity index (χ2n) is 3.71. The Morgan fingerprint density at radius 2 is 2.11 bits per heavy atom. The van der Waals surface area contributed by atoms with Crippen molar-refractivity contribution in [1.82, 2.24) is 0 Å². The Hall–Kier alpha value is -0.960. The number of halogens is 2. The van der Waals surface area contributed by atoms with E-state index in [9.17, 15) is 12.8 Å². The predicted octanol–water partition coefficient (Wildman–Crippen LogP) is 2.91. The SMILES string of the molecule is NCc1csc(S(=O)(=O)Nc2cc(F)ccc2Br)c1. The molecule has 4 nitrogen and oxygen atoms in total. The molecule has 1 aromatic carbocycles. The van der Waals surface area contributed by atoms with Crippen molar-refractivity contribution < 1.29 is 12.8 Å². The van der Waals surface area contributed by atoms with Crippen LogP contribution >= 0.6 is 27.3 Å². The monoisotopic (exact) mass is 364 g/mol. The van der Waals surface area contributed by atoms with Gasteiger partial charge in [-0.1, -0.05) is 0 Å². The first-order valence-corrected chi connectivity index (χ1v) is 8.33. The van der Waals surface area contributed by atoms with Crippen LogP contribution in [0.25, 0.3) is 0 Å². The lowest BCUT2D eigenvalue weighted by Gasteiger charge is -2.08. The number of sulfonamides is 1. The molecule has 8 heteroatoms. The summed E-state index contributed by atoms with van der Waals surface area (Å²) < 4.78 is 40.3. The van der Waals surface area contributed by atoms with E-state index in [0.29, 0.717) is 4.47 Å². The molecule has 0 saturated heterocycles. The molecule has 0 aliphatic heterocycles. The van der Waals surface area contributed by atoms with E-state index in [1.54, 1.807) is 5.38 Å². The van der Waals surface area contributed by atoms with Gasteiger partial charge in [0.05, 0.1) is 5.69 Å². The molecule has 0 radical (unpaired) electrons. The van der Waals surface area contributed by atoms with Gasteiger partial charge < -0.3 is 5.73 Å². The van der Waals surface area contributed by atoms with E-state index in [0.717, 1.165) is 23.0 Å². The molecule has 0 atom stereocenters. The molecular formula is C11H10BrFN2O2S2. The molecule has 102 valence electrons. The van der Waals surface area contributed by atoms with Crippen LogP contribution < -0.4 is 10.5 Å². The predicted molar refractivity (Wildman–Crippen MR) is 77.1 cm³/mol. The van der Waals surface area contributed by atoms with Crippen LogP contribution in [0, 0.1) is 5.82 Å². The Balaban J connectivity index is 2.33. The summed E-state index contributed by atoms with van der Waals surface area (Å²) in [5, 5.41) is 1.68. The van der Waals surface area contributed by atoms with Crippen LogP contribution in [0.1, 0.15) is 5.56 Å². The molecule has 0 bridgehead atoms. The maximum atomic E-state index is 13.1. The lowest BCUT2D eigenvalue weighted by Crippen LogP contribution is -2.12. The first-order chi connectivity index (χ1) is 8.92. The summed E-state index contributed by atoms with van der Waals surface area (Å²) in [5.74, 6) is -0.519. The topological polar surface area (TPSA) is 72.2 Å². The highest BCUT2D eigenvalue weighted by Crippen LogP contribution is 2.28. The third-order valence-electron chi connectivity index (χ3n) is 2.30. The summed E-state index contributed by atoms with van der Waals surface area (Å²) in [6.45, 7) is 0.273. The zero-order chi connectivity index (χ0) is 14.0. The third kappa shape index (κ3) is 3.33. The van der Waals surface area contributed by atoms with Gasteiger partial charge in [-0.3, -0.25) is 4.72 Å². The molecule has 0 spiro atoms. The fourth-order valence-corrected chi connectivity index (χ4v) is 4.14. The van der Waals surface area contributed by atoms with Crippen molar-refractivity contribution in [3.8, 4) is 0 Å². The summed E-state index contributed by atoms with van der Waals surface area (Å²) in [4.78, 5) is 0. The van der Waals surface area contributed by atoms with E-state index in [1.165, 1.54) is 18.2 Å². The van der Waals surface area contributed by atoms with Crippen LogP contribution in [0.2, 0.25) is 0 Å². The zero-order valence-electron chi connectivity index (χ0n) is 9.56. The molecule has 1 aromatic heterocycles. The second kappa shape index (κ2) is 5.58. The molecule has 0 aliphatic rings. The van der Waals surface area contributed by atoms with Crippen molar-refractivity contribution in [2.45, 2.75) is 10.8 Å². The van der Waals surface area contributed by atoms with Gasteiger partial charge in [-0.05, 0) is 51.1 Å². The van der Waals surface area contributed by atoms with E-state index in [2.05, 4.69) is 20.7 Å². The smallest absolute Gasteiger partial charge is 0.271 e. The minimum atomic E-state index is -3.73. The van der Waals surface area contributed by atoms with E-state index < -0.39 is 15.8 Å². The minimum Gasteiger partial charge on any atom is -0.326 e. The molecule has 0 aliphatic carbocycles. The van der Waals surface area contributed by atoms with Crippen molar-refractivity contribution >= 4 is 43.0 Å². The van der Waals surface area contributed by atoms with Crippen LogP contribution in [0.5, 0.6) is 0 Å². The van der Waals surface area contributed by atoms with E-state index in [1.807, 2.05) is 0 Å². The largest absolute Gasteiger partial charge is 0.326 e. The summed E-state index contributed by atoms with van der Waals surface area (Å²) in [6.07, 6.45) is 0. The van der Waals surface area contributed by atoms with Gasteiger partial charge >= 0.3 is 0 Å². The van der Waals surface area contributed by atoms with Crippen molar-refractivity contribution in [2.75, 3.05) is 4.72 Å². The fraction of sp³-hybridized carbons (Fsp3) is 0.0909. The van der Waals surface area contributed by atoms with Crippen molar-refractivity contribution in [1.29, 1.82) is 0 Å². The Labute approximate surface area is 122 Å². The Morgan fingerprint density at radius 1 is 1.37 bits per heavy atom. The maximum absolute atomic E-state index is 13.1. The number of hydrogen-bond acceptors (Lipinski definition) is 4. The number of nitrogens with two attached hydrogens (primary N) is 1. The van der Waals surface area contributed by atoms with Gasteiger partial charge in [0.25, 0.3) is 10.0 Å². The van der Waals surface area contributed by atoms with Crippen LogP contribution in [-0.4, -0.2) is 8.42 Å². The number of hydrogen-bond donors (Lipinski definition) is 2. The number of rotatable bonds is 4. The summed E-state index contributed by atoms with van der Waals surface area (Å²) in [6, 6.07) is 5.28. The molecule has 1 heterocycles. The van der Waals surface area contributed by atoms with Gasteiger partial charge in [0.2, 0.25) is 0 Å². The number of anilines is 1. The van der Waals surface area contributed by atoms with Crippen LogP contribution in [-0.2, 0) is 16.6 Å². The summed E-state index contributed by atoms with van der Waals surface area (Å²) in [5.41, 5.74) is 6.33. The Kier molecular flexibility index (Phi) is 4.24. The maximum Gasteiger partial charge on any atom is 0.271 e. The van der Waals surface area contributed by atoms with Gasteiger partial charge in [0, 0.05) is 11.0 Å². The lowest BCUT2D eigenvalue weighted by molar-refractivity contribution is 0.603. The zero-order valence-corrected chi connectivity index (χ0v) is 12.8. The molecule has 0 saturated carbocycles. The highest BCUT2D eigenvalue weighted by molar-refractivity contribution is 9.10. The minimum absolute atomic E-state index is 0.143. The van der Waals surface area contributed by atoms with Gasteiger partial charge in [0.15, 0.2) is 0 Å². The Bertz CT molecular complexity index is 700. The second-order valence-corrected chi connectivity index (χ2v) is 7.38. The van der Waals surface area contributed by atoms with Crippen molar-refractivity contribution in [3.05, 3.63) is 45.5 Å². The molecule has 3 N–H and O–H groups in total. The third-order valence-corrected chi connectivity index (χ3v) is 5.85. The van der Waals surface area contributed by atoms with Crippen molar-refractivity contribution in [3.63, 3.8) is 0 Å².